The van der Waals surface area contributed by atoms with Gasteiger partial charge in [-0.3, -0.25) is 0 Å². The first-order chi connectivity index (χ1) is 10.0. The average Bonchev–Trinajstić information content (AvgIpc) is 3.02. The van der Waals surface area contributed by atoms with Crippen molar-refractivity contribution in [3.63, 3.8) is 0 Å². The van der Waals surface area contributed by atoms with Crippen LogP contribution in [0.4, 0.5) is 0 Å². The molecule has 21 heavy (non-hydrogen) atoms. The van der Waals surface area contributed by atoms with Crippen molar-refractivity contribution in [2.75, 3.05) is 6.61 Å². The van der Waals surface area contributed by atoms with E-state index in [1.54, 1.807) is 0 Å². The Morgan fingerprint density at radius 2 is 1.95 bits per heavy atom. The number of benzene rings is 1. The van der Waals surface area contributed by atoms with Crippen LogP contribution in [-0.2, 0) is 11.3 Å². The van der Waals surface area contributed by atoms with E-state index >= 15 is 0 Å². The highest BCUT2D eigenvalue weighted by Gasteiger charge is 2.19. The molecule has 1 aliphatic rings. The van der Waals surface area contributed by atoms with Crippen LogP contribution in [0, 0.1) is 20.8 Å². The second-order valence-electron chi connectivity index (χ2n) is 5.99. The summed E-state index contributed by atoms with van der Waals surface area (Å²) < 4.78 is 7.92. The fraction of sp³-hybridized carbons (Fsp3) is 0.389. The van der Waals surface area contributed by atoms with Crippen LogP contribution in [0.25, 0.3) is 0 Å². The van der Waals surface area contributed by atoms with Gasteiger partial charge in [-0.2, -0.15) is 0 Å². The number of rotatable bonds is 3. The van der Waals surface area contributed by atoms with Crippen LogP contribution in [0.2, 0.25) is 0 Å². The minimum Gasteiger partial charge on any atom is -0.474 e. The molecule has 110 valence electrons. The molecule has 2 heterocycles. The fourth-order valence-electron chi connectivity index (χ4n) is 2.99. The molecule has 0 fully saturated rings. The summed E-state index contributed by atoms with van der Waals surface area (Å²) in [4.78, 5) is 4.57. The Bertz CT molecular complexity index is 674. The number of hydrogen-bond donors (Lipinski definition) is 0. The van der Waals surface area contributed by atoms with E-state index < -0.39 is 0 Å². The number of aromatic nitrogens is 1. The molecule has 0 saturated heterocycles. The van der Waals surface area contributed by atoms with Crippen molar-refractivity contribution < 1.29 is 4.74 Å². The molecule has 0 N–H and O–H groups in total. The first-order valence-electron chi connectivity index (χ1n) is 7.47. The maximum atomic E-state index is 5.70. The molecule has 0 unspecified atom stereocenters. The van der Waals surface area contributed by atoms with Crippen LogP contribution in [0.1, 0.15) is 34.9 Å². The quantitative estimate of drug-likeness (QED) is 0.844. The van der Waals surface area contributed by atoms with Gasteiger partial charge in [0.25, 0.3) is 0 Å². The average molecular weight is 282 g/mol. The lowest BCUT2D eigenvalue weighted by Gasteiger charge is -2.14. The van der Waals surface area contributed by atoms with Crippen molar-refractivity contribution >= 4 is 5.90 Å². The van der Waals surface area contributed by atoms with Gasteiger partial charge in [0.1, 0.15) is 12.3 Å². The standard InChI is InChI=1S/C18H22N2O/c1-12-8-13(2)16(14(3)9-12)10-20-7-5-6-17(20)18-19-15(4)11-21-18/h5-9,15H,10-11H2,1-4H3/t15-/m0/s1. The van der Waals surface area contributed by atoms with E-state index in [-0.39, 0.29) is 6.04 Å². The first kappa shape index (κ1) is 13.9. The van der Waals surface area contributed by atoms with Crippen LogP contribution >= 0.6 is 0 Å². The third-order valence-corrected chi connectivity index (χ3v) is 4.02. The molecule has 0 amide bonds. The van der Waals surface area contributed by atoms with Crippen molar-refractivity contribution in [1.29, 1.82) is 0 Å². The Hall–Kier alpha value is -2.03. The predicted molar refractivity (Wildman–Crippen MR) is 86.1 cm³/mol. The molecular weight excluding hydrogens is 260 g/mol. The molecule has 0 spiro atoms. The first-order valence-corrected chi connectivity index (χ1v) is 7.47. The Balaban J connectivity index is 1.94. The van der Waals surface area contributed by atoms with Gasteiger partial charge in [0.15, 0.2) is 0 Å². The summed E-state index contributed by atoms with van der Waals surface area (Å²) in [5.41, 5.74) is 6.45. The third kappa shape index (κ3) is 2.73. The minimum atomic E-state index is 0.256. The number of ether oxygens (including phenoxy) is 1. The second-order valence-corrected chi connectivity index (χ2v) is 5.99. The van der Waals surface area contributed by atoms with E-state index in [1.807, 2.05) is 0 Å². The van der Waals surface area contributed by atoms with Crippen LogP contribution in [0.3, 0.4) is 0 Å². The van der Waals surface area contributed by atoms with Crippen molar-refractivity contribution in [3.05, 3.63) is 58.4 Å². The Labute approximate surface area is 126 Å². The normalized spacial score (nSPS) is 17.7. The lowest BCUT2D eigenvalue weighted by molar-refractivity contribution is 0.322. The van der Waals surface area contributed by atoms with E-state index in [0.717, 1.165) is 18.1 Å². The predicted octanol–water partition coefficient (Wildman–Crippen LogP) is 3.63. The zero-order valence-corrected chi connectivity index (χ0v) is 13.2. The molecule has 0 aliphatic carbocycles. The van der Waals surface area contributed by atoms with Gasteiger partial charge in [0.05, 0.1) is 6.04 Å². The monoisotopic (exact) mass is 282 g/mol. The number of aryl methyl sites for hydroxylation is 3. The van der Waals surface area contributed by atoms with Gasteiger partial charge >= 0.3 is 0 Å². The third-order valence-electron chi connectivity index (χ3n) is 4.02. The van der Waals surface area contributed by atoms with Crippen LogP contribution in [0.5, 0.6) is 0 Å². The molecule has 1 aromatic heterocycles. The SMILES string of the molecule is Cc1cc(C)c(Cn2cccc2C2=N[C@@H](C)CO2)c(C)c1. The molecule has 0 bridgehead atoms. The molecule has 3 heteroatoms. The minimum absolute atomic E-state index is 0.256. The van der Waals surface area contributed by atoms with Crippen molar-refractivity contribution in [2.45, 2.75) is 40.3 Å². The zero-order chi connectivity index (χ0) is 15.0. The zero-order valence-electron chi connectivity index (χ0n) is 13.2. The topological polar surface area (TPSA) is 26.5 Å². The maximum absolute atomic E-state index is 5.70. The summed E-state index contributed by atoms with van der Waals surface area (Å²) in [5, 5.41) is 0. The summed E-state index contributed by atoms with van der Waals surface area (Å²) in [7, 11) is 0. The largest absolute Gasteiger partial charge is 0.474 e. The smallest absolute Gasteiger partial charge is 0.233 e. The van der Waals surface area contributed by atoms with E-state index in [4.69, 9.17) is 4.74 Å². The summed E-state index contributed by atoms with van der Waals surface area (Å²) in [6.07, 6.45) is 2.10. The van der Waals surface area contributed by atoms with Gasteiger partial charge in [0.2, 0.25) is 5.90 Å². The fourth-order valence-corrected chi connectivity index (χ4v) is 2.99. The summed E-state index contributed by atoms with van der Waals surface area (Å²) in [6.45, 7) is 10.1. The van der Waals surface area contributed by atoms with Gasteiger partial charge in [0, 0.05) is 12.7 Å². The van der Waals surface area contributed by atoms with Crippen LogP contribution in [0.15, 0.2) is 35.5 Å². The van der Waals surface area contributed by atoms with Crippen LogP contribution in [-0.4, -0.2) is 23.1 Å². The highest BCUT2D eigenvalue weighted by Crippen LogP contribution is 2.20. The summed E-state index contributed by atoms with van der Waals surface area (Å²) in [5.74, 6) is 0.773. The molecule has 3 rings (SSSR count). The summed E-state index contributed by atoms with van der Waals surface area (Å²) in [6, 6.07) is 8.89. The summed E-state index contributed by atoms with van der Waals surface area (Å²) >= 11 is 0. The van der Waals surface area contributed by atoms with Gasteiger partial charge in [-0.05, 0) is 56.5 Å². The van der Waals surface area contributed by atoms with E-state index in [0.29, 0.717) is 6.61 Å². The van der Waals surface area contributed by atoms with Gasteiger partial charge in [-0.25, -0.2) is 4.99 Å². The van der Waals surface area contributed by atoms with Gasteiger partial charge in [-0.1, -0.05) is 17.7 Å². The molecule has 0 saturated carbocycles. The highest BCUT2D eigenvalue weighted by molar-refractivity contribution is 5.93. The molecule has 3 nitrogen and oxygen atoms in total. The highest BCUT2D eigenvalue weighted by atomic mass is 16.5. The van der Waals surface area contributed by atoms with Crippen LogP contribution < -0.4 is 0 Å². The Morgan fingerprint density at radius 3 is 2.57 bits per heavy atom. The Kier molecular flexibility index (Phi) is 3.58. The van der Waals surface area contributed by atoms with Crippen molar-refractivity contribution in [3.8, 4) is 0 Å². The molecule has 1 aromatic carbocycles. The molecule has 0 radical (unpaired) electrons. The van der Waals surface area contributed by atoms with E-state index in [9.17, 15) is 0 Å². The van der Waals surface area contributed by atoms with Crippen molar-refractivity contribution in [1.82, 2.24) is 4.57 Å². The molecular formula is C18H22N2O. The maximum Gasteiger partial charge on any atom is 0.233 e. The second kappa shape index (κ2) is 5.40. The number of nitrogens with zero attached hydrogens (tertiary/aromatic N) is 2. The molecule has 1 atom stereocenters. The molecule has 2 aromatic rings. The molecule has 1 aliphatic heterocycles. The van der Waals surface area contributed by atoms with Crippen molar-refractivity contribution in [2.24, 2.45) is 4.99 Å². The van der Waals surface area contributed by atoms with Gasteiger partial charge < -0.3 is 9.30 Å². The van der Waals surface area contributed by atoms with Gasteiger partial charge in [-0.15, -0.1) is 0 Å². The number of hydrogen-bond acceptors (Lipinski definition) is 2. The lowest BCUT2D eigenvalue weighted by atomic mass is 10.00. The van der Waals surface area contributed by atoms with E-state index in [1.165, 1.54) is 22.3 Å². The number of aliphatic imine (C=N–C) groups is 1. The van der Waals surface area contributed by atoms with E-state index in [2.05, 4.69) is 67.7 Å². The lowest BCUT2D eigenvalue weighted by Crippen LogP contribution is -2.12. The Morgan fingerprint density at radius 1 is 1.24 bits per heavy atom.